The van der Waals surface area contributed by atoms with Crippen LogP contribution in [0.25, 0.3) is 0 Å². The SMILES string of the molecule is NCc1ccc(OCc2ccc(F)cc2F)c(Cl)c1. The van der Waals surface area contributed by atoms with Gasteiger partial charge in [-0.15, -0.1) is 0 Å². The maximum absolute atomic E-state index is 13.4. The zero-order valence-electron chi connectivity index (χ0n) is 10.00. The van der Waals surface area contributed by atoms with Gasteiger partial charge < -0.3 is 10.5 Å². The van der Waals surface area contributed by atoms with Gasteiger partial charge in [0.15, 0.2) is 0 Å². The molecule has 0 atom stereocenters. The van der Waals surface area contributed by atoms with Crippen LogP contribution in [0.4, 0.5) is 8.78 Å². The zero-order valence-corrected chi connectivity index (χ0v) is 10.8. The van der Waals surface area contributed by atoms with Gasteiger partial charge in [0, 0.05) is 18.2 Å². The summed E-state index contributed by atoms with van der Waals surface area (Å²) in [5.74, 6) is -0.830. The van der Waals surface area contributed by atoms with Crippen LogP contribution in [0.2, 0.25) is 5.02 Å². The summed E-state index contributed by atoms with van der Waals surface area (Å²) >= 11 is 6.01. The van der Waals surface area contributed by atoms with Crippen molar-refractivity contribution in [3.05, 3.63) is 64.2 Å². The van der Waals surface area contributed by atoms with Crippen LogP contribution in [0, 0.1) is 11.6 Å². The monoisotopic (exact) mass is 283 g/mol. The average Bonchev–Trinajstić information content (AvgIpc) is 2.39. The summed E-state index contributed by atoms with van der Waals surface area (Å²) in [5, 5.41) is 0.408. The van der Waals surface area contributed by atoms with E-state index in [1.165, 1.54) is 12.1 Å². The van der Waals surface area contributed by atoms with E-state index in [0.29, 0.717) is 17.3 Å². The third-order valence-corrected chi connectivity index (χ3v) is 2.93. The van der Waals surface area contributed by atoms with Crippen molar-refractivity contribution in [2.45, 2.75) is 13.2 Å². The summed E-state index contributed by atoms with van der Waals surface area (Å²) < 4.78 is 31.6. The Labute approximate surface area is 114 Å². The Balaban J connectivity index is 2.10. The molecule has 5 heteroatoms. The van der Waals surface area contributed by atoms with Crippen LogP contribution < -0.4 is 10.5 Å². The van der Waals surface area contributed by atoms with Crippen LogP contribution >= 0.6 is 11.6 Å². The summed E-state index contributed by atoms with van der Waals surface area (Å²) in [7, 11) is 0. The van der Waals surface area contributed by atoms with Crippen LogP contribution in [0.15, 0.2) is 36.4 Å². The topological polar surface area (TPSA) is 35.2 Å². The van der Waals surface area contributed by atoms with Crippen LogP contribution in [0.1, 0.15) is 11.1 Å². The highest BCUT2D eigenvalue weighted by atomic mass is 35.5. The molecule has 2 nitrogen and oxygen atoms in total. The van der Waals surface area contributed by atoms with Gasteiger partial charge in [0.25, 0.3) is 0 Å². The third kappa shape index (κ3) is 3.43. The molecule has 2 N–H and O–H groups in total. The number of halogens is 3. The van der Waals surface area contributed by atoms with Crippen molar-refractivity contribution in [3.8, 4) is 5.75 Å². The number of benzene rings is 2. The highest BCUT2D eigenvalue weighted by molar-refractivity contribution is 6.32. The molecule has 0 heterocycles. The highest BCUT2D eigenvalue weighted by Crippen LogP contribution is 2.26. The molecule has 2 rings (SSSR count). The lowest BCUT2D eigenvalue weighted by Crippen LogP contribution is -2.01. The second-order valence-electron chi connectivity index (χ2n) is 3.99. The Morgan fingerprint density at radius 1 is 1.11 bits per heavy atom. The molecular weight excluding hydrogens is 272 g/mol. The van der Waals surface area contributed by atoms with Gasteiger partial charge in [0.05, 0.1) is 5.02 Å². The van der Waals surface area contributed by atoms with Gasteiger partial charge in [0.1, 0.15) is 24.0 Å². The fourth-order valence-corrected chi connectivity index (χ4v) is 1.84. The van der Waals surface area contributed by atoms with Crippen molar-refractivity contribution < 1.29 is 13.5 Å². The molecule has 0 radical (unpaired) electrons. The largest absolute Gasteiger partial charge is 0.487 e. The lowest BCUT2D eigenvalue weighted by Gasteiger charge is -2.09. The zero-order chi connectivity index (χ0) is 13.8. The van der Waals surface area contributed by atoms with Crippen LogP contribution in [-0.2, 0) is 13.2 Å². The summed E-state index contributed by atoms with van der Waals surface area (Å²) in [6.07, 6.45) is 0. The van der Waals surface area contributed by atoms with Crippen molar-refractivity contribution in [2.75, 3.05) is 0 Å². The van der Waals surface area contributed by atoms with Crippen molar-refractivity contribution in [1.82, 2.24) is 0 Å². The first-order chi connectivity index (χ1) is 9.10. The van der Waals surface area contributed by atoms with E-state index in [0.717, 1.165) is 11.6 Å². The Kier molecular flexibility index (Phi) is 4.35. The van der Waals surface area contributed by atoms with Gasteiger partial charge in [-0.3, -0.25) is 0 Å². The minimum Gasteiger partial charge on any atom is -0.487 e. The first-order valence-corrected chi connectivity index (χ1v) is 6.03. The highest BCUT2D eigenvalue weighted by Gasteiger charge is 2.07. The van der Waals surface area contributed by atoms with Gasteiger partial charge in [-0.05, 0) is 29.8 Å². The van der Waals surface area contributed by atoms with E-state index in [1.54, 1.807) is 18.2 Å². The lowest BCUT2D eigenvalue weighted by atomic mass is 10.2. The Morgan fingerprint density at radius 3 is 2.53 bits per heavy atom. The Morgan fingerprint density at radius 2 is 1.89 bits per heavy atom. The van der Waals surface area contributed by atoms with Crippen molar-refractivity contribution in [1.29, 1.82) is 0 Å². The first-order valence-electron chi connectivity index (χ1n) is 5.65. The molecule has 0 aliphatic heterocycles. The van der Waals surface area contributed by atoms with E-state index in [2.05, 4.69) is 0 Å². The van der Waals surface area contributed by atoms with Gasteiger partial charge in [-0.1, -0.05) is 17.7 Å². The van der Waals surface area contributed by atoms with Crippen molar-refractivity contribution >= 4 is 11.6 Å². The molecule has 100 valence electrons. The van der Waals surface area contributed by atoms with Crippen LogP contribution in [0.3, 0.4) is 0 Å². The molecule has 0 spiro atoms. The fraction of sp³-hybridized carbons (Fsp3) is 0.143. The fourth-order valence-electron chi connectivity index (χ4n) is 1.58. The number of rotatable bonds is 4. The molecule has 0 aromatic heterocycles. The molecule has 0 aliphatic rings. The summed E-state index contributed by atoms with van der Waals surface area (Å²) in [6, 6.07) is 8.48. The average molecular weight is 284 g/mol. The maximum atomic E-state index is 13.4. The van der Waals surface area contributed by atoms with Gasteiger partial charge in [-0.25, -0.2) is 8.78 Å². The molecule has 2 aromatic rings. The van der Waals surface area contributed by atoms with Crippen LogP contribution in [-0.4, -0.2) is 0 Å². The second-order valence-corrected chi connectivity index (χ2v) is 4.40. The molecule has 0 bridgehead atoms. The summed E-state index contributed by atoms with van der Waals surface area (Å²) in [5.41, 5.74) is 6.63. The van der Waals surface area contributed by atoms with E-state index in [-0.39, 0.29) is 12.2 Å². The van der Waals surface area contributed by atoms with Gasteiger partial charge in [0.2, 0.25) is 0 Å². The molecule has 19 heavy (non-hydrogen) atoms. The molecule has 0 saturated carbocycles. The lowest BCUT2D eigenvalue weighted by molar-refractivity contribution is 0.299. The third-order valence-electron chi connectivity index (χ3n) is 2.63. The molecule has 0 unspecified atom stereocenters. The number of hydrogen-bond acceptors (Lipinski definition) is 2. The standard InChI is InChI=1S/C14H12ClF2NO/c15-12-5-9(7-18)1-4-14(12)19-8-10-2-3-11(16)6-13(10)17/h1-6H,7-8,18H2. The van der Waals surface area contributed by atoms with E-state index < -0.39 is 11.6 Å². The minimum atomic E-state index is -0.644. The van der Waals surface area contributed by atoms with Crippen molar-refractivity contribution in [3.63, 3.8) is 0 Å². The molecule has 0 saturated heterocycles. The predicted octanol–water partition coefficient (Wildman–Crippen LogP) is 3.66. The van der Waals surface area contributed by atoms with Crippen LogP contribution in [0.5, 0.6) is 5.75 Å². The number of hydrogen-bond donors (Lipinski definition) is 1. The minimum absolute atomic E-state index is 0.0200. The molecular formula is C14H12ClF2NO. The maximum Gasteiger partial charge on any atom is 0.138 e. The first kappa shape index (κ1) is 13.8. The number of ether oxygens (including phenoxy) is 1. The normalized spacial score (nSPS) is 10.5. The summed E-state index contributed by atoms with van der Waals surface area (Å²) in [6.45, 7) is 0.362. The number of nitrogens with two attached hydrogens (primary N) is 1. The summed E-state index contributed by atoms with van der Waals surface area (Å²) in [4.78, 5) is 0. The van der Waals surface area contributed by atoms with E-state index >= 15 is 0 Å². The Bertz CT molecular complexity index is 590. The van der Waals surface area contributed by atoms with Crippen molar-refractivity contribution in [2.24, 2.45) is 5.73 Å². The van der Waals surface area contributed by atoms with E-state index in [9.17, 15) is 8.78 Å². The Hall–Kier alpha value is -1.65. The van der Waals surface area contributed by atoms with E-state index in [4.69, 9.17) is 22.1 Å². The van der Waals surface area contributed by atoms with Gasteiger partial charge in [-0.2, -0.15) is 0 Å². The predicted molar refractivity (Wildman–Crippen MR) is 70.0 cm³/mol. The van der Waals surface area contributed by atoms with E-state index in [1.807, 2.05) is 0 Å². The molecule has 2 aromatic carbocycles. The second kappa shape index (κ2) is 5.99. The smallest absolute Gasteiger partial charge is 0.138 e. The molecule has 0 aliphatic carbocycles. The molecule has 0 fully saturated rings. The molecule has 0 amide bonds. The quantitative estimate of drug-likeness (QED) is 0.929. The van der Waals surface area contributed by atoms with Gasteiger partial charge >= 0.3 is 0 Å².